The smallest absolute Gasteiger partial charge is 0.246 e. The van der Waals surface area contributed by atoms with Gasteiger partial charge in [-0.2, -0.15) is 0 Å². The Kier molecular flexibility index (Phi) is 10.5. The number of anilines is 1. The van der Waals surface area contributed by atoms with Gasteiger partial charge in [0.15, 0.2) is 0 Å². The van der Waals surface area contributed by atoms with E-state index in [0.717, 1.165) is 17.3 Å². The highest BCUT2D eigenvalue weighted by Gasteiger charge is 2.35. The van der Waals surface area contributed by atoms with E-state index in [-0.39, 0.29) is 17.7 Å². The van der Waals surface area contributed by atoms with Gasteiger partial charge in [-0.05, 0) is 37.0 Å². The van der Waals surface area contributed by atoms with Crippen molar-refractivity contribution in [3.05, 3.63) is 29.8 Å². The van der Waals surface area contributed by atoms with Crippen LogP contribution in [0.1, 0.15) is 52.5 Å². The van der Waals surface area contributed by atoms with Gasteiger partial charge in [-0.1, -0.05) is 68.3 Å². The lowest BCUT2D eigenvalue weighted by molar-refractivity contribution is -0.136. The molecule has 0 radical (unpaired) electrons. The number of nitrogens with two attached hydrogens (primary N) is 1. The van der Waals surface area contributed by atoms with E-state index in [0.29, 0.717) is 12.1 Å². The molecule has 0 aromatic heterocycles. The third-order valence-electron chi connectivity index (χ3n) is 4.82. The summed E-state index contributed by atoms with van der Waals surface area (Å²) in [5.41, 5.74) is 7.42. The van der Waals surface area contributed by atoms with Crippen LogP contribution in [0.5, 0.6) is 0 Å². The molecule has 7 heteroatoms. The van der Waals surface area contributed by atoms with Crippen LogP contribution in [0.4, 0.5) is 5.69 Å². The molecule has 0 saturated heterocycles. The third-order valence-corrected chi connectivity index (χ3v) is 5.70. The van der Waals surface area contributed by atoms with Crippen molar-refractivity contribution in [1.29, 1.82) is 0 Å². The van der Waals surface area contributed by atoms with Crippen molar-refractivity contribution in [3.8, 4) is 0 Å². The topological polar surface area (TPSA) is 101 Å². The quantitative estimate of drug-likeness (QED) is 0.319. The standard InChI is InChI=1S/C21H32IN3O3/c1-5-6-7-17(19(23)26)18(13(2)3)21(28)24-14(4)20(27)25-16-10-8-15(12-22)9-11-16/h8-11,13-14,17-18H,5-7,12H2,1-4H3,(H2,23,26)(H,24,28)(H,25,27)/t14-,17?,18-/m0/s1. The van der Waals surface area contributed by atoms with Crippen LogP contribution in [0, 0.1) is 17.8 Å². The maximum absolute atomic E-state index is 12.8. The van der Waals surface area contributed by atoms with Crippen molar-refractivity contribution in [2.75, 3.05) is 5.32 Å². The highest BCUT2D eigenvalue weighted by atomic mass is 127. The molecule has 1 unspecified atom stereocenters. The number of rotatable bonds is 11. The Morgan fingerprint density at radius 2 is 1.68 bits per heavy atom. The SMILES string of the molecule is CCCCC(C(N)=O)[C@@H](C(=O)N[C@@H](C)C(=O)Nc1ccc(CI)cc1)C(C)C. The maximum atomic E-state index is 12.8. The summed E-state index contributed by atoms with van der Waals surface area (Å²) in [4.78, 5) is 37.2. The van der Waals surface area contributed by atoms with Crippen LogP contribution in [0.25, 0.3) is 0 Å². The van der Waals surface area contributed by atoms with Gasteiger partial charge in [0, 0.05) is 16.0 Å². The van der Waals surface area contributed by atoms with E-state index >= 15 is 0 Å². The molecule has 6 nitrogen and oxygen atoms in total. The van der Waals surface area contributed by atoms with Crippen LogP contribution in [0.15, 0.2) is 24.3 Å². The van der Waals surface area contributed by atoms with E-state index < -0.39 is 23.8 Å². The average molecular weight is 501 g/mol. The molecule has 1 aromatic carbocycles. The van der Waals surface area contributed by atoms with Gasteiger partial charge < -0.3 is 16.4 Å². The molecule has 3 atom stereocenters. The zero-order chi connectivity index (χ0) is 21.3. The molecular weight excluding hydrogens is 469 g/mol. The van der Waals surface area contributed by atoms with Gasteiger partial charge in [-0.15, -0.1) is 0 Å². The van der Waals surface area contributed by atoms with Gasteiger partial charge in [0.05, 0.1) is 5.92 Å². The van der Waals surface area contributed by atoms with E-state index in [9.17, 15) is 14.4 Å². The molecule has 0 bridgehead atoms. The number of halogens is 1. The fraction of sp³-hybridized carbons (Fsp3) is 0.571. The molecule has 4 N–H and O–H groups in total. The Morgan fingerprint density at radius 1 is 1.07 bits per heavy atom. The van der Waals surface area contributed by atoms with Crippen LogP contribution in [-0.4, -0.2) is 23.8 Å². The van der Waals surface area contributed by atoms with Gasteiger partial charge >= 0.3 is 0 Å². The number of amides is 3. The predicted octanol–water partition coefficient (Wildman–Crippen LogP) is 3.63. The van der Waals surface area contributed by atoms with E-state index in [1.54, 1.807) is 6.92 Å². The summed E-state index contributed by atoms with van der Waals surface area (Å²) >= 11 is 2.28. The lowest BCUT2D eigenvalue weighted by atomic mass is 9.79. The number of alkyl halides is 1. The van der Waals surface area contributed by atoms with Crippen molar-refractivity contribution in [2.45, 2.75) is 57.4 Å². The molecule has 0 saturated carbocycles. The molecule has 0 spiro atoms. The van der Waals surface area contributed by atoms with E-state index in [4.69, 9.17) is 5.73 Å². The summed E-state index contributed by atoms with van der Waals surface area (Å²) in [5, 5.41) is 5.56. The first-order chi connectivity index (χ1) is 13.2. The lowest BCUT2D eigenvalue weighted by Crippen LogP contribution is -2.48. The molecule has 3 amide bonds. The number of nitrogens with one attached hydrogen (secondary N) is 2. The molecule has 0 aliphatic rings. The molecule has 1 aromatic rings. The summed E-state index contributed by atoms with van der Waals surface area (Å²) in [6, 6.07) is 6.85. The third kappa shape index (κ3) is 7.41. The highest BCUT2D eigenvalue weighted by molar-refractivity contribution is 14.1. The molecular formula is C21H32IN3O3. The van der Waals surface area contributed by atoms with Crippen LogP contribution >= 0.6 is 22.6 Å². The Bertz CT molecular complexity index is 661. The number of carbonyl (C=O) groups excluding carboxylic acids is 3. The monoisotopic (exact) mass is 501 g/mol. The van der Waals surface area contributed by atoms with Crippen LogP contribution in [0.2, 0.25) is 0 Å². The first kappa shape index (κ1) is 24.4. The minimum Gasteiger partial charge on any atom is -0.369 e. The number of hydrogen-bond acceptors (Lipinski definition) is 3. The minimum absolute atomic E-state index is 0.0644. The van der Waals surface area contributed by atoms with Crippen molar-refractivity contribution >= 4 is 46.0 Å². The normalized spacial score (nSPS) is 14.2. The van der Waals surface area contributed by atoms with Crippen LogP contribution < -0.4 is 16.4 Å². The fourth-order valence-electron chi connectivity index (χ4n) is 3.18. The van der Waals surface area contributed by atoms with Crippen molar-refractivity contribution < 1.29 is 14.4 Å². The second-order valence-corrected chi connectivity index (χ2v) is 8.23. The summed E-state index contributed by atoms with van der Waals surface area (Å²) in [7, 11) is 0. The van der Waals surface area contributed by atoms with Gasteiger partial charge in [-0.3, -0.25) is 14.4 Å². The molecule has 0 aliphatic carbocycles. The maximum Gasteiger partial charge on any atom is 0.246 e. The zero-order valence-electron chi connectivity index (χ0n) is 17.1. The first-order valence-electron chi connectivity index (χ1n) is 9.76. The van der Waals surface area contributed by atoms with Crippen molar-refractivity contribution in [2.24, 2.45) is 23.5 Å². The van der Waals surface area contributed by atoms with E-state index in [1.807, 2.05) is 45.0 Å². The number of carbonyl (C=O) groups is 3. The summed E-state index contributed by atoms with van der Waals surface area (Å²) in [5.74, 6) is -2.22. The second kappa shape index (κ2) is 12.0. The van der Waals surface area contributed by atoms with Crippen molar-refractivity contribution in [3.63, 3.8) is 0 Å². The van der Waals surface area contributed by atoms with Crippen LogP contribution in [-0.2, 0) is 18.8 Å². The molecule has 1 rings (SSSR count). The molecule has 0 fully saturated rings. The van der Waals surface area contributed by atoms with Gasteiger partial charge in [0.1, 0.15) is 6.04 Å². The fourth-order valence-corrected chi connectivity index (χ4v) is 3.68. The Labute approximate surface area is 181 Å². The molecule has 28 heavy (non-hydrogen) atoms. The Balaban J connectivity index is 2.79. The van der Waals surface area contributed by atoms with Crippen LogP contribution in [0.3, 0.4) is 0 Å². The van der Waals surface area contributed by atoms with Gasteiger partial charge in [0.25, 0.3) is 0 Å². The van der Waals surface area contributed by atoms with Gasteiger partial charge in [-0.25, -0.2) is 0 Å². The predicted molar refractivity (Wildman–Crippen MR) is 121 cm³/mol. The van der Waals surface area contributed by atoms with Gasteiger partial charge in [0.2, 0.25) is 17.7 Å². The lowest BCUT2D eigenvalue weighted by Gasteiger charge is -2.28. The number of hydrogen-bond donors (Lipinski definition) is 3. The second-order valence-electron chi connectivity index (χ2n) is 7.47. The highest BCUT2D eigenvalue weighted by Crippen LogP contribution is 2.26. The number of primary amides is 1. The Morgan fingerprint density at radius 3 is 2.14 bits per heavy atom. The number of unbranched alkanes of at least 4 members (excludes halogenated alkanes) is 1. The summed E-state index contributed by atoms with van der Waals surface area (Å²) in [6.45, 7) is 7.45. The average Bonchev–Trinajstić information content (AvgIpc) is 2.64. The molecule has 0 heterocycles. The Hall–Kier alpha value is -1.64. The molecule has 156 valence electrons. The van der Waals surface area contributed by atoms with E-state index in [1.165, 1.54) is 5.56 Å². The first-order valence-corrected chi connectivity index (χ1v) is 11.3. The number of benzene rings is 1. The molecule has 0 aliphatic heterocycles. The summed E-state index contributed by atoms with van der Waals surface area (Å²) < 4.78 is 0.897. The largest absolute Gasteiger partial charge is 0.369 e. The zero-order valence-corrected chi connectivity index (χ0v) is 19.3. The minimum atomic E-state index is -0.724. The summed E-state index contributed by atoms with van der Waals surface area (Å²) in [6.07, 6.45) is 2.32. The van der Waals surface area contributed by atoms with Crippen molar-refractivity contribution in [1.82, 2.24) is 5.32 Å². The van der Waals surface area contributed by atoms with E-state index in [2.05, 4.69) is 33.2 Å².